The van der Waals surface area contributed by atoms with Crippen LogP contribution in [0.2, 0.25) is 0 Å². The van der Waals surface area contributed by atoms with Gasteiger partial charge in [0, 0.05) is 6.54 Å². The summed E-state index contributed by atoms with van der Waals surface area (Å²) in [7, 11) is 0. The van der Waals surface area contributed by atoms with E-state index < -0.39 is 0 Å². The molecule has 0 atom stereocenters. The largest absolute Gasteiger partial charge is 0.490 e. The van der Waals surface area contributed by atoms with Crippen LogP contribution in [0, 0.1) is 5.92 Å². The molecule has 2 nitrogen and oxygen atoms in total. The molecule has 0 spiro atoms. The summed E-state index contributed by atoms with van der Waals surface area (Å²) < 4.78 is 5.70. The van der Waals surface area contributed by atoms with Crippen LogP contribution in [0.3, 0.4) is 0 Å². The van der Waals surface area contributed by atoms with Gasteiger partial charge in [-0.1, -0.05) is 19.9 Å². The van der Waals surface area contributed by atoms with E-state index in [4.69, 9.17) is 4.74 Å². The highest BCUT2D eigenvalue weighted by atomic mass is 16.5. The van der Waals surface area contributed by atoms with Gasteiger partial charge in [0.15, 0.2) is 0 Å². The number of morpholine rings is 1. The Morgan fingerprint density at radius 1 is 1.46 bits per heavy atom. The van der Waals surface area contributed by atoms with Crippen molar-refractivity contribution in [3.05, 3.63) is 23.1 Å². The molecule has 0 saturated carbocycles. The zero-order chi connectivity index (χ0) is 9.26. The summed E-state index contributed by atoms with van der Waals surface area (Å²) >= 11 is 0. The fourth-order valence-corrected chi connectivity index (χ4v) is 1.96. The highest BCUT2D eigenvalue weighted by molar-refractivity contribution is 5.35. The van der Waals surface area contributed by atoms with E-state index in [9.17, 15) is 0 Å². The van der Waals surface area contributed by atoms with Crippen molar-refractivity contribution >= 4 is 0 Å². The molecule has 0 radical (unpaired) electrons. The third-order valence-corrected chi connectivity index (χ3v) is 2.66. The van der Waals surface area contributed by atoms with Gasteiger partial charge in [0.05, 0.1) is 5.70 Å². The van der Waals surface area contributed by atoms with E-state index in [1.165, 1.54) is 11.3 Å². The summed E-state index contributed by atoms with van der Waals surface area (Å²) in [4.78, 5) is 0. The first-order valence-electron chi connectivity index (χ1n) is 5.09. The summed E-state index contributed by atoms with van der Waals surface area (Å²) in [5.41, 5.74) is 2.70. The lowest BCUT2D eigenvalue weighted by molar-refractivity contribution is 0.188. The lowest BCUT2D eigenvalue weighted by Gasteiger charge is -2.29. The normalized spacial score (nSPS) is 21.9. The van der Waals surface area contributed by atoms with Gasteiger partial charge < -0.3 is 10.1 Å². The third kappa shape index (κ3) is 1.58. The van der Waals surface area contributed by atoms with Crippen molar-refractivity contribution in [1.82, 2.24) is 5.32 Å². The molecule has 2 heteroatoms. The Balaban J connectivity index is 2.30. The van der Waals surface area contributed by atoms with Gasteiger partial charge in [0.2, 0.25) is 0 Å². The maximum absolute atomic E-state index is 5.70. The number of fused-ring (bicyclic) bond motifs is 1. The van der Waals surface area contributed by atoms with Gasteiger partial charge in [-0.2, -0.15) is 0 Å². The predicted molar refractivity (Wildman–Crippen MR) is 53.1 cm³/mol. The molecule has 72 valence electrons. The van der Waals surface area contributed by atoms with Gasteiger partial charge in [-0.15, -0.1) is 0 Å². The third-order valence-electron chi connectivity index (χ3n) is 2.66. The average Bonchev–Trinajstić information content (AvgIpc) is 2.17. The van der Waals surface area contributed by atoms with Crippen molar-refractivity contribution in [2.45, 2.75) is 26.7 Å². The summed E-state index contributed by atoms with van der Waals surface area (Å²) in [5.74, 6) is 1.74. The molecular weight excluding hydrogens is 162 g/mol. The summed E-state index contributed by atoms with van der Waals surface area (Å²) in [5, 5.41) is 3.38. The van der Waals surface area contributed by atoms with Crippen LogP contribution in [0.4, 0.5) is 0 Å². The maximum Gasteiger partial charge on any atom is 0.141 e. The molecule has 0 bridgehead atoms. The van der Waals surface area contributed by atoms with Crippen LogP contribution < -0.4 is 5.32 Å². The first kappa shape index (κ1) is 8.67. The minimum atomic E-state index is 0.610. The van der Waals surface area contributed by atoms with Gasteiger partial charge in [-0.25, -0.2) is 0 Å². The number of hydrogen-bond donors (Lipinski definition) is 1. The molecule has 1 aliphatic carbocycles. The summed E-state index contributed by atoms with van der Waals surface area (Å²) in [6, 6.07) is 0. The van der Waals surface area contributed by atoms with Gasteiger partial charge in [-0.05, 0) is 24.3 Å². The molecular formula is C11H17NO. The van der Waals surface area contributed by atoms with E-state index in [0.717, 1.165) is 31.8 Å². The molecule has 1 heterocycles. The number of rotatable bonds is 1. The van der Waals surface area contributed by atoms with Crippen LogP contribution >= 0.6 is 0 Å². The number of allylic oxidation sites excluding steroid dienone is 2. The number of hydrogen-bond acceptors (Lipinski definition) is 2. The fourth-order valence-electron chi connectivity index (χ4n) is 1.96. The summed E-state index contributed by atoms with van der Waals surface area (Å²) in [6.45, 7) is 6.23. The fraction of sp³-hybridized carbons (Fsp3) is 0.636. The number of nitrogens with one attached hydrogen (secondary N) is 1. The van der Waals surface area contributed by atoms with E-state index in [1.807, 2.05) is 0 Å². The smallest absolute Gasteiger partial charge is 0.141 e. The highest BCUT2D eigenvalue weighted by Crippen LogP contribution is 2.30. The van der Waals surface area contributed by atoms with Gasteiger partial charge in [-0.3, -0.25) is 0 Å². The predicted octanol–water partition coefficient (Wildman–Crippen LogP) is 2.19. The highest BCUT2D eigenvalue weighted by Gasteiger charge is 2.21. The SMILES string of the molecule is CC(C)C1=C2OCCNC2=CCC1. The zero-order valence-corrected chi connectivity index (χ0v) is 8.39. The molecule has 2 rings (SSSR count). The second-order valence-electron chi connectivity index (χ2n) is 3.94. The molecule has 0 aromatic heterocycles. The van der Waals surface area contributed by atoms with Gasteiger partial charge >= 0.3 is 0 Å². The molecule has 1 saturated heterocycles. The Kier molecular flexibility index (Phi) is 2.30. The molecule has 1 fully saturated rings. The maximum atomic E-state index is 5.70. The van der Waals surface area contributed by atoms with Crippen LogP contribution in [0.25, 0.3) is 0 Å². The van der Waals surface area contributed by atoms with Crippen molar-refractivity contribution in [1.29, 1.82) is 0 Å². The Labute approximate surface area is 79.7 Å². The van der Waals surface area contributed by atoms with Crippen molar-refractivity contribution in [3.63, 3.8) is 0 Å². The second kappa shape index (κ2) is 3.44. The average molecular weight is 179 g/mol. The van der Waals surface area contributed by atoms with Crippen LogP contribution in [-0.2, 0) is 4.74 Å². The van der Waals surface area contributed by atoms with Crippen molar-refractivity contribution < 1.29 is 4.74 Å². The Hall–Kier alpha value is -0.920. The van der Waals surface area contributed by atoms with Crippen molar-refractivity contribution in [3.8, 4) is 0 Å². The monoisotopic (exact) mass is 179 g/mol. The Bertz CT molecular complexity index is 263. The standard InChI is InChI=1S/C11H17NO/c1-8(2)9-4-3-5-10-11(9)13-7-6-12-10/h5,8,12H,3-4,6-7H2,1-2H3. The topological polar surface area (TPSA) is 21.3 Å². The lowest BCUT2D eigenvalue weighted by Crippen LogP contribution is -2.30. The first-order chi connectivity index (χ1) is 6.29. The van der Waals surface area contributed by atoms with Crippen LogP contribution in [0.1, 0.15) is 26.7 Å². The van der Waals surface area contributed by atoms with Crippen LogP contribution in [0.5, 0.6) is 0 Å². The molecule has 0 aromatic rings. The minimum Gasteiger partial charge on any atom is -0.490 e. The number of ether oxygens (including phenoxy) is 1. The lowest BCUT2D eigenvalue weighted by atomic mass is 9.92. The van der Waals surface area contributed by atoms with Crippen LogP contribution in [0.15, 0.2) is 23.1 Å². The summed E-state index contributed by atoms with van der Waals surface area (Å²) in [6.07, 6.45) is 4.57. The minimum absolute atomic E-state index is 0.610. The van der Waals surface area contributed by atoms with Gasteiger partial charge in [0.25, 0.3) is 0 Å². The van der Waals surface area contributed by atoms with E-state index in [1.54, 1.807) is 0 Å². The zero-order valence-electron chi connectivity index (χ0n) is 8.39. The van der Waals surface area contributed by atoms with E-state index in [2.05, 4.69) is 25.2 Å². The molecule has 2 aliphatic rings. The molecule has 1 N–H and O–H groups in total. The van der Waals surface area contributed by atoms with Gasteiger partial charge in [0.1, 0.15) is 12.4 Å². The van der Waals surface area contributed by atoms with Crippen LogP contribution in [-0.4, -0.2) is 13.2 Å². The van der Waals surface area contributed by atoms with E-state index >= 15 is 0 Å². The molecule has 13 heavy (non-hydrogen) atoms. The van der Waals surface area contributed by atoms with Crippen molar-refractivity contribution in [2.75, 3.05) is 13.2 Å². The Morgan fingerprint density at radius 3 is 3.08 bits per heavy atom. The Morgan fingerprint density at radius 2 is 2.31 bits per heavy atom. The molecule has 0 amide bonds. The quantitative estimate of drug-likeness (QED) is 0.666. The second-order valence-corrected chi connectivity index (χ2v) is 3.94. The van der Waals surface area contributed by atoms with Crippen molar-refractivity contribution in [2.24, 2.45) is 5.92 Å². The van der Waals surface area contributed by atoms with E-state index in [0.29, 0.717) is 5.92 Å². The van der Waals surface area contributed by atoms with E-state index in [-0.39, 0.29) is 0 Å². The first-order valence-corrected chi connectivity index (χ1v) is 5.09. The molecule has 1 aliphatic heterocycles. The molecule has 0 aromatic carbocycles. The molecule has 0 unspecified atom stereocenters.